The largest absolute Gasteiger partial charge is 0.488 e. The number of ether oxygens (including phenoxy) is 2. The molecule has 0 bridgehead atoms. The Morgan fingerprint density at radius 1 is 0.815 bits per heavy atom. The zero-order chi connectivity index (χ0) is 19.1. The fourth-order valence-electron chi connectivity index (χ4n) is 2.66. The summed E-state index contributed by atoms with van der Waals surface area (Å²) in [7, 11) is 0. The van der Waals surface area contributed by atoms with E-state index in [4.69, 9.17) is 9.47 Å². The number of aldehydes is 1. The maximum atomic E-state index is 12.6. The minimum absolute atomic E-state index is 0.275. The van der Waals surface area contributed by atoms with Crippen LogP contribution in [0, 0.1) is 0 Å². The van der Waals surface area contributed by atoms with Crippen LogP contribution in [-0.2, 0) is 6.61 Å². The molecule has 0 aliphatic heterocycles. The van der Waals surface area contributed by atoms with E-state index in [1.54, 1.807) is 18.2 Å². The van der Waals surface area contributed by atoms with Crippen molar-refractivity contribution < 1.29 is 23.0 Å². The van der Waals surface area contributed by atoms with Crippen molar-refractivity contribution in [3.8, 4) is 22.6 Å². The van der Waals surface area contributed by atoms with E-state index >= 15 is 0 Å². The molecule has 0 fully saturated rings. The molecule has 0 heterocycles. The van der Waals surface area contributed by atoms with Gasteiger partial charge in [0.25, 0.3) is 6.43 Å². The molecule has 0 radical (unpaired) electrons. The van der Waals surface area contributed by atoms with Gasteiger partial charge in [-0.05, 0) is 29.8 Å². The van der Waals surface area contributed by atoms with Gasteiger partial charge in [0, 0.05) is 16.7 Å². The molecule has 0 saturated carbocycles. The second-order valence-electron chi connectivity index (χ2n) is 5.85. The highest BCUT2D eigenvalue weighted by Gasteiger charge is 2.14. The number of carbonyl (C=O) groups excluding carboxylic acids is 1. The predicted molar refractivity (Wildman–Crippen MR) is 99.5 cm³/mol. The van der Waals surface area contributed by atoms with Crippen LogP contribution in [0.1, 0.15) is 15.9 Å². The number of alkyl halides is 2. The minimum Gasteiger partial charge on any atom is -0.488 e. The Kier molecular flexibility index (Phi) is 6.15. The lowest BCUT2D eigenvalue weighted by molar-refractivity contribution is 0.0821. The molecule has 0 aromatic heterocycles. The van der Waals surface area contributed by atoms with E-state index in [1.807, 2.05) is 42.5 Å². The van der Waals surface area contributed by atoms with Gasteiger partial charge in [-0.15, -0.1) is 0 Å². The van der Waals surface area contributed by atoms with Crippen LogP contribution < -0.4 is 9.47 Å². The number of hydrogen-bond donors (Lipinski definition) is 0. The Labute approximate surface area is 156 Å². The third kappa shape index (κ3) is 4.91. The van der Waals surface area contributed by atoms with Crippen molar-refractivity contribution in [1.82, 2.24) is 0 Å². The summed E-state index contributed by atoms with van der Waals surface area (Å²) in [6, 6.07) is 21.6. The van der Waals surface area contributed by atoms with Crippen LogP contribution in [0.2, 0.25) is 0 Å². The van der Waals surface area contributed by atoms with Crippen molar-refractivity contribution >= 4 is 6.29 Å². The minimum atomic E-state index is -2.59. The first-order valence-electron chi connectivity index (χ1n) is 8.43. The standard InChI is InChI=1S/C22H18F2O3/c23-22(24)15-27-21-11-10-17(13-25)12-19(21)18-8-4-5-9-20(18)26-14-16-6-2-1-3-7-16/h1-13,22H,14-15H2. The van der Waals surface area contributed by atoms with Gasteiger partial charge < -0.3 is 9.47 Å². The third-order valence-corrected chi connectivity index (χ3v) is 3.92. The molecule has 0 atom stereocenters. The smallest absolute Gasteiger partial charge is 0.272 e. The number of halogens is 2. The van der Waals surface area contributed by atoms with Gasteiger partial charge in [-0.3, -0.25) is 4.79 Å². The highest BCUT2D eigenvalue weighted by molar-refractivity contribution is 5.83. The molecule has 138 valence electrons. The first kappa shape index (κ1) is 18.6. The average molecular weight is 368 g/mol. The van der Waals surface area contributed by atoms with Crippen molar-refractivity contribution in [2.24, 2.45) is 0 Å². The summed E-state index contributed by atoms with van der Waals surface area (Å²) in [6.07, 6.45) is -1.89. The summed E-state index contributed by atoms with van der Waals surface area (Å²) >= 11 is 0. The Balaban J connectivity index is 1.94. The molecule has 0 unspecified atom stereocenters. The normalized spacial score (nSPS) is 10.6. The molecule has 3 aromatic carbocycles. The number of para-hydroxylation sites is 1. The molecule has 27 heavy (non-hydrogen) atoms. The van der Waals surface area contributed by atoms with E-state index in [0.717, 1.165) is 5.56 Å². The predicted octanol–water partition coefficient (Wildman–Crippen LogP) is 5.39. The molecule has 0 aliphatic rings. The van der Waals surface area contributed by atoms with Crippen LogP contribution in [0.5, 0.6) is 11.5 Å². The maximum absolute atomic E-state index is 12.6. The lowest BCUT2D eigenvalue weighted by Crippen LogP contribution is -2.08. The molecule has 0 aliphatic carbocycles. The van der Waals surface area contributed by atoms with Crippen LogP contribution in [0.3, 0.4) is 0 Å². The first-order chi connectivity index (χ1) is 13.2. The zero-order valence-corrected chi connectivity index (χ0v) is 14.5. The van der Waals surface area contributed by atoms with Crippen LogP contribution >= 0.6 is 0 Å². The molecule has 3 rings (SSSR count). The fraction of sp³-hybridized carbons (Fsp3) is 0.136. The van der Waals surface area contributed by atoms with Gasteiger partial charge in [0.15, 0.2) is 0 Å². The van der Waals surface area contributed by atoms with Crippen molar-refractivity contribution in [2.75, 3.05) is 6.61 Å². The first-order valence-corrected chi connectivity index (χ1v) is 8.43. The molecule has 0 spiro atoms. The summed E-state index contributed by atoms with van der Waals surface area (Å²) in [5.41, 5.74) is 2.63. The maximum Gasteiger partial charge on any atom is 0.272 e. The van der Waals surface area contributed by atoms with Crippen molar-refractivity contribution in [2.45, 2.75) is 13.0 Å². The second-order valence-corrected chi connectivity index (χ2v) is 5.85. The van der Waals surface area contributed by atoms with Gasteiger partial charge in [0.1, 0.15) is 31.0 Å². The Bertz CT molecular complexity index is 895. The average Bonchev–Trinajstić information content (AvgIpc) is 2.71. The van der Waals surface area contributed by atoms with Crippen molar-refractivity contribution in [1.29, 1.82) is 0 Å². The van der Waals surface area contributed by atoms with Crippen molar-refractivity contribution in [3.05, 3.63) is 83.9 Å². The molecule has 0 N–H and O–H groups in total. The molecule has 3 aromatic rings. The molecular formula is C22H18F2O3. The van der Waals surface area contributed by atoms with Gasteiger partial charge in [-0.1, -0.05) is 48.5 Å². The lowest BCUT2D eigenvalue weighted by Gasteiger charge is -2.16. The van der Waals surface area contributed by atoms with Gasteiger partial charge in [0.05, 0.1) is 0 Å². The van der Waals surface area contributed by atoms with Crippen LogP contribution in [0.4, 0.5) is 8.78 Å². The van der Waals surface area contributed by atoms with E-state index in [0.29, 0.717) is 35.3 Å². The molecule has 5 heteroatoms. The SMILES string of the molecule is O=Cc1ccc(OCC(F)F)c(-c2ccccc2OCc2ccccc2)c1. The monoisotopic (exact) mass is 368 g/mol. The Hall–Kier alpha value is -3.21. The third-order valence-electron chi connectivity index (χ3n) is 3.92. The van der Waals surface area contributed by atoms with E-state index in [2.05, 4.69) is 0 Å². The summed E-state index contributed by atoms with van der Waals surface area (Å²) in [5.74, 6) is 0.850. The fourth-order valence-corrected chi connectivity index (χ4v) is 2.66. The van der Waals surface area contributed by atoms with Crippen LogP contribution in [0.15, 0.2) is 72.8 Å². The molecule has 0 saturated heterocycles. The summed E-state index contributed by atoms with van der Waals surface area (Å²) in [6.45, 7) is -0.362. The topological polar surface area (TPSA) is 35.5 Å². The summed E-state index contributed by atoms with van der Waals surface area (Å²) < 4.78 is 36.4. The van der Waals surface area contributed by atoms with Gasteiger partial charge in [0.2, 0.25) is 0 Å². The summed E-state index contributed by atoms with van der Waals surface area (Å²) in [4.78, 5) is 11.2. The molecular weight excluding hydrogens is 350 g/mol. The number of benzene rings is 3. The van der Waals surface area contributed by atoms with Gasteiger partial charge >= 0.3 is 0 Å². The molecule has 3 nitrogen and oxygen atoms in total. The number of hydrogen-bond acceptors (Lipinski definition) is 3. The zero-order valence-electron chi connectivity index (χ0n) is 14.5. The Morgan fingerprint density at radius 2 is 1.52 bits per heavy atom. The van der Waals surface area contributed by atoms with Crippen LogP contribution in [0.25, 0.3) is 11.1 Å². The van der Waals surface area contributed by atoms with E-state index < -0.39 is 13.0 Å². The number of carbonyl (C=O) groups is 1. The molecule has 0 amide bonds. The Morgan fingerprint density at radius 3 is 2.26 bits per heavy atom. The quantitative estimate of drug-likeness (QED) is 0.500. The van der Waals surface area contributed by atoms with E-state index in [1.165, 1.54) is 12.1 Å². The highest BCUT2D eigenvalue weighted by Crippen LogP contribution is 2.37. The lowest BCUT2D eigenvalue weighted by atomic mass is 10.0. The second kappa shape index (κ2) is 8.94. The summed E-state index contributed by atoms with van der Waals surface area (Å²) in [5, 5.41) is 0. The van der Waals surface area contributed by atoms with Gasteiger partial charge in [-0.25, -0.2) is 8.78 Å². The van der Waals surface area contributed by atoms with Crippen molar-refractivity contribution in [3.63, 3.8) is 0 Å². The van der Waals surface area contributed by atoms with Gasteiger partial charge in [-0.2, -0.15) is 0 Å². The number of rotatable bonds is 8. The van der Waals surface area contributed by atoms with E-state index in [9.17, 15) is 13.6 Å². The van der Waals surface area contributed by atoms with E-state index in [-0.39, 0.29) is 5.75 Å². The van der Waals surface area contributed by atoms with Crippen LogP contribution in [-0.4, -0.2) is 19.3 Å². The highest BCUT2D eigenvalue weighted by atomic mass is 19.3.